The van der Waals surface area contributed by atoms with Gasteiger partial charge in [-0.05, 0) is 51.0 Å². The predicted molar refractivity (Wildman–Crippen MR) is 113 cm³/mol. The van der Waals surface area contributed by atoms with Crippen molar-refractivity contribution in [2.75, 3.05) is 32.6 Å². The van der Waals surface area contributed by atoms with Gasteiger partial charge in [0.25, 0.3) is 0 Å². The molecule has 1 aliphatic heterocycles. The molecule has 2 rings (SSSR count). The predicted octanol–water partition coefficient (Wildman–Crippen LogP) is 3.75. The summed E-state index contributed by atoms with van der Waals surface area (Å²) in [5.74, 6) is 1.36. The van der Waals surface area contributed by atoms with Crippen LogP contribution < -0.4 is 0 Å². The van der Waals surface area contributed by atoms with Gasteiger partial charge in [0.2, 0.25) is 15.0 Å². The number of unbranched alkanes of at least 4 members (excludes halogenated alkanes) is 1. The molecule has 7 heteroatoms. The lowest BCUT2D eigenvalue weighted by atomic mass is 10.00. The second-order valence-electron chi connectivity index (χ2n) is 8.64. The summed E-state index contributed by atoms with van der Waals surface area (Å²) in [5.41, 5.74) is 1.01. The molecule has 0 saturated carbocycles. The molecule has 1 saturated heterocycles. The first-order valence-electron chi connectivity index (χ1n) is 10.9. The van der Waals surface area contributed by atoms with Crippen molar-refractivity contribution in [3.05, 3.63) is 11.9 Å². The Bertz CT molecular complexity index is 679. The molecule has 6 nitrogen and oxygen atoms in total. The third-order valence-corrected chi connectivity index (χ3v) is 7.16. The van der Waals surface area contributed by atoms with Crippen LogP contribution in [0.1, 0.15) is 65.0 Å². The maximum Gasteiger partial charge on any atom is 0.227 e. The molecule has 0 amide bonds. The molecule has 0 bridgehead atoms. The maximum atomic E-state index is 12.9. The molecule has 2 heterocycles. The molecule has 1 aromatic rings. The molecule has 0 spiro atoms. The second kappa shape index (κ2) is 11.3. The monoisotopic (exact) mass is 413 g/mol. The Balaban J connectivity index is 2.08. The zero-order valence-electron chi connectivity index (χ0n) is 18.2. The van der Waals surface area contributed by atoms with E-state index in [0.29, 0.717) is 18.3 Å². The highest BCUT2D eigenvalue weighted by Crippen LogP contribution is 2.20. The van der Waals surface area contributed by atoms with Gasteiger partial charge in [0.15, 0.2) is 0 Å². The molecule has 1 aromatic heterocycles. The van der Waals surface area contributed by atoms with Crippen molar-refractivity contribution < 1.29 is 13.2 Å². The maximum absolute atomic E-state index is 12.9. The molecule has 0 atom stereocenters. The Morgan fingerprint density at radius 2 is 2.00 bits per heavy atom. The van der Waals surface area contributed by atoms with Crippen LogP contribution in [0, 0.1) is 11.8 Å². The van der Waals surface area contributed by atoms with Crippen molar-refractivity contribution in [2.45, 2.75) is 77.5 Å². The van der Waals surface area contributed by atoms with Crippen molar-refractivity contribution in [3.8, 4) is 0 Å². The number of imidazole rings is 1. The van der Waals surface area contributed by atoms with Crippen LogP contribution in [0.5, 0.6) is 0 Å². The first kappa shape index (κ1) is 23.4. The van der Waals surface area contributed by atoms with E-state index < -0.39 is 9.84 Å². The van der Waals surface area contributed by atoms with Gasteiger partial charge in [-0.3, -0.25) is 0 Å². The minimum Gasteiger partial charge on any atom is -0.381 e. The summed E-state index contributed by atoms with van der Waals surface area (Å²) in [6.45, 7) is 10.6. The Kier molecular flexibility index (Phi) is 9.44. The summed E-state index contributed by atoms with van der Waals surface area (Å²) >= 11 is 0. The van der Waals surface area contributed by atoms with Gasteiger partial charge in [-0.1, -0.05) is 27.2 Å². The summed E-state index contributed by atoms with van der Waals surface area (Å²) in [4.78, 5) is 6.66. The lowest BCUT2D eigenvalue weighted by molar-refractivity contribution is 0.0547. The Morgan fingerprint density at radius 1 is 1.29 bits per heavy atom. The van der Waals surface area contributed by atoms with Gasteiger partial charge in [-0.15, -0.1) is 0 Å². The fourth-order valence-electron chi connectivity index (χ4n) is 3.81. The van der Waals surface area contributed by atoms with Crippen molar-refractivity contribution in [2.24, 2.45) is 11.8 Å². The first-order valence-corrected chi connectivity index (χ1v) is 12.5. The van der Waals surface area contributed by atoms with Crippen LogP contribution >= 0.6 is 0 Å². The van der Waals surface area contributed by atoms with Gasteiger partial charge in [-0.2, -0.15) is 0 Å². The second-order valence-corrected chi connectivity index (χ2v) is 10.6. The van der Waals surface area contributed by atoms with E-state index in [9.17, 15) is 8.42 Å². The van der Waals surface area contributed by atoms with E-state index in [0.717, 1.165) is 70.6 Å². The van der Waals surface area contributed by atoms with E-state index in [4.69, 9.17) is 4.74 Å². The molecule has 1 aliphatic rings. The minimum atomic E-state index is -3.34. The van der Waals surface area contributed by atoms with Crippen LogP contribution in [-0.2, 0) is 27.7 Å². The molecule has 0 unspecified atom stereocenters. The molecular weight excluding hydrogens is 374 g/mol. The summed E-state index contributed by atoms with van der Waals surface area (Å²) in [5, 5.41) is 0.263. The van der Waals surface area contributed by atoms with E-state index in [1.165, 1.54) is 0 Å². The molecule has 28 heavy (non-hydrogen) atoms. The Labute approximate surface area is 171 Å². The molecule has 0 N–H and O–H groups in total. The van der Waals surface area contributed by atoms with E-state index in [-0.39, 0.29) is 10.9 Å². The summed E-state index contributed by atoms with van der Waals surface area (Å²) < 4.78 is 33.2. The van der Waals surface area contributed by atoms with Crippen LogP contribution in [0.15, 0.2) is 11.4 Å². The third-order valence-electron chi connectivity index (χ3n) is 5.45. The van der Waals surface area contributed by atoms with Gasteiger partial charge in [0.05, 0.1) is 17.6 Å². The average molecular weight is 414 g/mol. The van der Waals surface area contributed by atoms with E-state index >= 15 is 0 Å². The van der Waals surface area contributed by atoms with Crippen LogP contribution in [0.4, 0.5) is 0 Å². The molecule has 162 valence electrons. The standard InChI is InChI=1S/C21H39N3O3S/c1-5-6-11-24-20(17-23(4)16-19-9-12-27-13-10-19)15-22-21(24)28(25,26)14-7-8-18(2)3/h15,18-19H,5-14,16-17H2,1-4H3. The fourth-order valence-corrected chi connectivity index (χ4v) is 5.29. The Hall–Kier alpha value is -0.920. The van der Waals surface area contributed by atoms with Crippen molar-refractivity contribution >= 4 is 9.84 Å². The number of hydrogen-bond donors (Lipinski definition) is 0. The van der Waals surface area contributed by atoms with Crippen molar-refractivity contribution in [1.29, 1.82) is 0 Å². The highest BCUT2D eigenvalue weighted by atomic mass is 32.2. The number of ether oxygens (including phenoxy) is 1. The highest BCUT2D eigenvalue weighted by Gasteiger charge is 2.24. The SMILES string of the molecule is CCCCn1c(CN(C)CC2CCOCC2)cnc1S(=O)(=O)CCCC(C)C. The summed E-state index contributed by atoms with van der Waals surface area (Å²) in [6.07, 6.45) is 7.59. The Morgan fingerprint density at radius 3 is 2.64 bits per heavy atom. The van der Waals surface area contributed by atoms with Crippen LogP contribution in [0.3, 0.4) is 0 Å². The molecule has 0 aliphatic carbocycles. The van der Waals surface area contributed by atoms with E-state index in [2.05, 4.69) is 37.7 Å². The molecular formula is C21H39N3O3S. The fraction of sp³-hybridized carbons (Fsp3) is 0.857. The van der Waals surface area contributed by atoms with Gasteiger partial charge in [0.1, 0.15) is 0 Å². The van der Waals surface area contributed by atoms with Gasteiger partial charge in [0, 0.05) is 32.8 Å². The smallest absolute Gasteiger partial charge is 0.227 e. The van der Waals surface area contributed by atoms with Crippen molar-refractivity contribution in [3.63, 3.8) is 0 Å². The van der Waals surface area contributed by atoms with Crippen LogP contribution in [0.25, 0.3) is 0 Å². The first-order chi connectivity index (χ1) is 13.3. The summed E-state index contributed by atoms with van der Waals surface area (Å²) in [6, 6.07) is 0. The van der Waals surface area contributed by atoms with Crippen LogP contribution in [-0.4, -0.2) is 55.4 Å². The summed E-state index contributed by atoms with van der Waals surface area (Å²) in [7, 11) is -1.23. The van der Waals surface area contributed by atoms with Crippen LogP contribution in [0.2, 0.25) is 0 Å². The number of aromatic nitrogens is 2. The quantitative estimate of drug-likeness (QED) is 0.522. The largest absolute Gasteiger partial charge is 0.381 e. The minimum absolute atomic E-state index is 0.186. The van der Waals surface area contributed by atoms with Gasteiger partial charge < -0.3 is 14.2 Å². The average Bonchev–Trinajstić information content (AvgIpc) is 3.03. The number of hydrogen-bond acceptors (Lipinski definition) is 5. The zero-order valence-corrected chi connectivity index (χ0v) is 19.0. The van der Waals surface area contributed by atoms with Gasteiger partial charge in [-0.25, -0.2) is 13.4 Å². The van der Waals surface area contributed by atoms with E-state index in [1.807, 2.05) is 4.57 Å². The number of nitrogens with zero attached hydrogens (tertiary/aromatic N) is 3. The van der Waals surface area contributed by atoms with Crippen molar-refractivity contribution in [1.82, 2.24) is 14.5 Å². The van der Waals surface area contributed by atoms with E-state index in [1.54, 1.807) is 6.20 Å². The lowest BCUT2D eigenvalue weighted by Crippen LogP contribution is -2.30. The highest BCUT2D eigenvalue weighted by molar-refractivity contribution is 7.91. The number of rotatable bonds is 12. The number of sulfone groups is 1. The molecule has 1 fully saturated rings. The topological polar surface area (TPSA) is 64.4 Å². The van der Waals surface area contributed by atoms with Gasteiger partial charge >= 0.3 is 0 Å². The molecule has 0 radical (unpaired) electrons. The normalized spacial score (nSPS) is 16.4. The zero-order chi connectivity index (χ0) is 20.6. The lowest BCUT2D eigenvalue weighted by Gasteiger charge is -2.27. The molecule has 0 aromatic carbocycles. The third kappa shape index (κ3) is 7.16.